The second-order valence-corrected chi connectivity index (χ2v) is 5.91. The summed E-state index contributed by atoms with van der Waals surface area (Å²) in [7, 11) is 1.87. The number of halogens is 1. The largest absolute Gasteiger partial charge is 0.368 e. The van der Waals surface area contributed by atoms with Gasteiger partial charge in [-0.2, -0.15) is 5.10 Å². The molecule has 1 saturated heterocycles. The maximum Gasteiger partial charge on any atom is 0.163 e. The summed E-state index contributed by atoms with van der Waals surface area (Å²) < 4.78 is 9.62. The van der Waals surface area contributed by atoms with Crippen molar-refractivity contribution in [2.24, 2.45) is 7.05 Å². The Balaban J connectivity index is 1.73. The van der Waals surface area contributed by atoms with Gasteiger partial charge in [0.25, 0.3) is 0 Å². The highest BCUT2D eigenvalue weighted by atomic mass is 35.5. The van der Waals surface area contributed by atoms with Crippen LogP contribution in [0.25, 0.3) is 0 Å². The molecule has 120 valence electrons. The molecule has 3 rings (SSSR count). The lowest BCUT2D eigenvalue weighted by Crippen LogP contribution is -2.38. The van der Waals surface area contributed by atoms with Crippen molar-refractivity contribution in [3.63, 3.8) is 0 Å². The van der Waals surface area contributed by atoms with Crippen LogP contribution in [0.5, 0.6) is 0 Å². The van der Waals surface area contributed by atoms with Crippen molar-refractivity contribution in [3.8, 4) is 0 Å². The highest BCUT2D eigenvalue weighted by Gasteiger charge is 2.27. The number of aryl methyl sites for hydroxylation is 3. The maximum atomic E-state index is 6.33. The number of hydrogen-bond donors (Lipinski definition) is 0. The van der Waals surface area contributed by atoms with Crippen LogP contribution in [0.15, 0.2) is 6.33 Å². The van der Waals surface area contributed by atoms with Crippen LogP contribution in [0.3, 0.4) is 0 Å². The van der Waals surface area contributed by atoms with Crippen LogP contribution in [0.4, 0.5) is 0 Å². The predicted molar refractivity (Wildman–Crippen MR) is 82.6 cm³/mol. The summed E-state index contributed by atoms with van der Waals surface area (Å²) in [6, 6.07) is 0. The molecule has 0 saturated carbocycles. The van der Waals surface area contributed by atoms with Crippen molar-refractivity contribution < 1.29 is 4.74 Å². The van der Waals surface area contributed by atoms with Crippen LogP contribution in [0.1, 0.15) is 30.1 Å². The third kappa shape index (κ3) is 2.88. The summed E-state index contributed by atoms with van der Waals surface area (Å²) in [5.41, 5.74) is 2.06. The van der Waals surface area contributed by atoms with Gasteiger partial charge in [0.15, 0.2) is 5.82 Å². The average molecular weight is 325 g/mol. The first kappa shape index (κ1) is 15.5. The van der Waals surface area contributed by atoms with E-state index in [-0.39, 0.29) is 6.10 Å². The lowest BCUT2D eigenvalue weighted by molar-refractivity contribution is -0.0389. The monoisotopic (exact) mass is 324 g/mol. The fourth-order valence-corrected chi connectivity index (χ4v) is 3.07. The maximum absolute atomic E-state index is 6.33. The molecule has 0 spiro atoms. The van der Waals surface area contributed by atoms with E-state index < -0.39 is 0 Å². The Labute approximate surface area is 134 Å². The molecular formula is C14H21ClN6O. The normalized spacial score (nSPS) is 19.7. The molecule has 3 heterocycles. The highest BCUT2D eigenvalue weighted by molar-refractivity contribution is 6.30. The van der Waals surface area contributed by atoms with Crippen LogP contribution < -0.4 is 0 Å². The standard InChI is InChI=1S/C14H21ClN6O/c1-4-21-9-16-17-14(21)12-8-20(5-6-22-12)7-11-10(2)18-19(3)13(11)15/h9,12H,4-8H2,1-3H3. The van der Waals surface area contributed by atoms with E-state index in [1.807, 2.05) is 18.5 Å². The zero-order valence-corrected chi connectivity index (χ0v) is 13.9. The molecule has 0 aliphatic carbocycles. The summed E-state index contributed by atoms with van der Waals surface area (Å²) in [6.07, 6.45) is 1.70. The van der Waals surface area contributed by atoms with E-state index in [0.29, 0.717) is 11.8 Å². The first-order chi connectivity index (χ1) is 10.6. The molecule has 1 fully saturated rings. The smallest absolute Gasteiger partial charge is 0.163 e. The topological polar surface area (TPSA) is 61.0 Å². The van der Waals surface area contributed by atoms with E-state index in [1.165, 1.54) is 0 Å². The minimum absolute atomic E-state index is 0.0491. The Hall–Kier alpha value is -1.44. The van der Waals surface area contributed by atoms with E-state index >= 15 is 0 Å². The quantitative estimate of drug-likeness (QED) is 0.854. The average Bonchev–Trinajstić information content (AvgIpc) is 3.08. The molecule has 2 aromatic heterocycles. The fraction of sp³-hybridized carbons (Fsp3) is 0.643. The van der Waals surface area contributed by atoms with Gasteiger partial charge >= 0.3 is 0 Å². The molecule has 1 unspecified atom stereocenters. The van der Waals surface area contributed by atoms with E-state index in [0.717, 1.165) is 43.3 Å². The Kier molecular flexibility index (Phi) is 4.46. The van der Waals surface area contributed by atoms with Gasteiger partial charge in [-0.05, 0) is 13.8 Å². The third-order valence-corrected chi connectivity index (χ3v) is 4.55. The summed E-state index contributed by atoms with van der Waals surface area (Å²) in [4.78, 5) is 2.33. The van der Waals surface area contributed by atoms with Crippen molar-refractivity contribution in [2.75, 3.05) is 19.7 Å². The van der Waals surface area contributed by atoms with E-state index in [1.54, 1.807) is 11.0 Å². The molecule has 0 amide bonds. The molecular weight excluding hydrogens is 304 g/mol. The van der Waals surface area contributed by atoms with Crippen LogP contribution >= 0.6 is 11.6 Å². The minimum atomic E-state index is -0.0491. The molecule has 1 aliphatic heterocycles. The van der Waals surface area contributed by atoms with E-state index in [9.17, 15) is 0 Å². The Morgan fingerprint density at radius 1 is 1.45 bits per heavy atom. The summed E-state index contributed by atoms with van der Waals surface area (Å²) >= 11 is 6.33. The number of rotatable bonds is 4. The molecule has 1 aliphatic rings. The van der Waals surface area contributed by atoms with Crippen molar-refractivity contribution in [2.45, 2.75) is 33.0 Å². The van der Waals surface area contributed by atoms with Crippen molar-refractivity contribution in [1.29, 1.82) is 0 Å². The zero-order chi connectivity index (χ0) is 15.7. The fourth-order valence-electron chi connectivity index (χ4n) is 2.84. The van der Waals surface area contributed by atoms with Gasteiger partial charge in [-0.3, -0.25) is 9.58 Å². The van der Waals surface area contributed by atoms with Crippen LogP contribution in [0, 0.1) is 6.92 Å². The van der Waals surface area contributed by atoms with Gasteiger partial charge in [0.1, 0.15) is 17.6 Å². The van der Waals surface area contributed by atoms with Crippen molar-refractivity contribution in [1.82, 2.24) is 29.4 Å². The molecule has 7 nitrogen and oxygen atoms in total. The lowest BCUT2D eigenvalue weighted by atomic mass is 10.2. The molecule has 8 heteroatoms. The second-order valence-electron chi connectivity index (χ2n) is 5.55. The first-order valence-corrected chi connectivity index (χ1v) is 7.87. The van der Waals surface area contributed by atoms with Crippen molar-refractivity contribution in [3.05, 3.63) is 28.6 Å². The van der Waals surface area contributed by atoms with Gasteiger partial charge in [-0.25, -0.2) is 0 Å². The van der Waals surface area contributed by atoms with Gasteiger partial charge in [0, 0.05) is 38.8 Å². The lowest BCUT2D eigenvalue weighted by Gasteiger charge is -2.32. The summed E-state index contributed by atoms with van der Waals surface area (Å²) in [5, 5.41) is 13.3. The highest BCUT2D eigenvalue weighted by Crippen LogP contribution is 2.25. The molecule has 2 aromatic rings. The molecule has 0 N–H and O–H groups in total. The minimum Gasteiger partial charge on any atom is -0.368 e. The molecule has 0 radical (unpaired) electrons. The van der Waals surface area contributed by atoms with Gasteiger partial charge < -0.3 is 9.30 Å². The Morgan fingerprint density at radius 3 is 2.95 bits per heavy atom. The van der Waals surface area contributed by atoms with Crippen LogP contribution in [0.2, 0.25) is 5.15 Å². The van der Waals surface area contributed by atoms with Gasteiger partial charge in [0.05, 0.1) is 12.3 Å². The first-order valence-electron chi connectivity index (χ1n) is 7.49. The predicted octanol–water partition coefficient (Wildman–Crippen LogP) is 1.57. The Morgan fingerprint density at radius 2 is 2.27 bits per heavy atom. The Bertz CT molecular complexity index is 652. The van der Waals surface area contributed by atoms with Gasteiger partial charge in [-0.1, -0.05) is 11.6 Å². The van der Waals surface area contributed by atoms with E-state index in [4.69, 9.17) is 16.3 Å². The second kappa shape index (κ2) is 6.36. The number of aromatic nitrogens is 5. The van der Waals surface area contributed by atoms with Gasteiger partial charge in [0.2, 0.25) is 0 Å². The van der Waals surface area contributed by atoms with Crippen LogP contribution in [-0.4, -0.2) is 49.1 Å². The van der Waals surface area contributed by atoms with Crippen molar-refractivity contribution >= 4 is 11.6 Å². The molecule has 1 atom stereocenters. The van der Waals surface area contributed by atoms with Crippen LogP contribution in [-0.2, 0) is 24.9 Å². The SMILES string of the molecule is CCn1cnnc1C1CN(Cc2c(C)nn(C)c2Cl)CCO1. The van der Waals surface area contributed by atoms with E-state index in [2.05, 4.69) is 27.1 Å². The number of ether oxygens (including phenoxy) is 1. The number of nitrogens with zero attached hydrogens (tertiary/aromatic N) is 6. The van der Waals surface area contributed by atoms with Gasteiger partial charge in [-0.15, -0.1) is 10.2 Å². The zero-order valence-electron chi connectivity index (χ0n) is 13.2. The summed E-state index contributed by atoms with van der Waals surface area (Å²) in [6.45, 7) is 8.02. The molecule has 22 heavy (non-hydrogen) atoms. The number of hydrogen-bond acceptors (Lipinski definition) is 5. The summed E-state index contributed by atoms with van der Waals surface area (Å²) in [5.74, 6) is 0.890. The molecule has 0 aromatic carbocycles. The molecule has 0 bridgehead atoms. The third-order valence-electron chi connectivity index (χ3n) is 4.08. The number of morpholine rings is 1.